The smallest absolute Gasteiger partial charge is 0.312 e. The van der Waals surface area contributed by atoms with Gasteiger partial charge in [-0.1, -0.05) is 42.5 Å². The monoisotopic (exact) mass is 595 g/mol. The molecule has 2 bridgehead atoms. The molecule has 3 amide bonds. The Kier molecular flexibility index (Phi) is 10.4. The van der Waals surface area contributed by atoms with Crippen molar-refractivity contribution in [3.05, 3.63) is 61.2 Å². The quantitative estimate of drug-likeness (QED) is 0.236. The van der Waals surface area contributed by atoms with Crippen LogP contribution in [0.1, 0.15) is 52.0 Å². The Bertz CT molecular complexity index is 1200. The number of nitrogens with one attached hydrogen (secondary N) is 1. The van der Waals surface area contributed by atoms with Crippen LogP contribution < -0.4 is 5.32 Å². The van der Waals surface area contributed by atoms with E-state index in [-0.39, 0.29) is 43.5 Å². The summed E-state index contributed by atoms with van der Waals surface area (Å²) in [4.78, 5) is 57.6. The molecule has 3 aliphatic heterocycles. The SMILES string of the molecule is C=CCCC(=O)NC[C@H](C)OC(=O)[C@@H]1[C@@H]2CC[C@]3(O2)[C@H](C(=O)N(CC=C)C(C)C)N([C@@H](CO)Cc2ccccc2)C(=O)[C@@H]13. The molecule has 1 aromatic rings. The van der Waals surface area contributed by atoms with Gasteiger partial charge in [0.2, 0.25) is 17.7 Å². The third kappa shape index (κ3) is 6.40. The molecule has 3 fully saturated rings. The highest BCUT2D eigenvalue weighted by atomic mass is 16.6. The Hall–Kier alpha value is -3.50. The number of benzene rings is 1. The summed E-state index contributed by atoms with van der Waals surface area (Å²) in [5.74, 6) is -3.25. The van der Waals surface area contributed by atoms with Crippen molar-refractivity contribution in [1.82, 2.24) is 15.1 Å². The standard InChI is InChI=1S/C33H45N3O7/c1-6-8-14-26(38)34-19-22(5)42-32(41)27-25-15-16-33(43-25)28(27)30(39)36(24(20-37)18-23-12-10-9-11-13-23)29(33)31(40)35(17-7-2)21(3)4/h6-7,9-13,21-22,24-25,27-29,37H,1-2,8,14-20H2,3-5H3,(H,34,38)/t22-,24+,25-,27+,28+,29-,33+/m0/s1. The summed E-state index contributed by atoms with van der Waals surface area (Å²) in [6.07, 6.45) is 4.21. The second-order valence-electron chi connectivity index (χ2n) is 12.1. The highest BCUT2D eigenvalue weighted by Gasteiger charge is 2.75. The van der Waals surface area contributed by atoms with Gasteiger partial charge in [0.15, 0.2) is 0 Å². The topological polar surface area (TPSA) is 125 Å². The number of likely N-dealkylation sites (tertiary alicyclic amines) is 1. The van der Waals surface area contributed by atoms with E-state index in [9.17, 15) is 24.3 Å². The summed E-state index contributed by atoms with van der Waals surface area (Å²) < 4.78 is 12.3. The number of carbonyl (C=O) groups excluding carboxylic acids is 4. The summed E-state index contributed by atoms with van der Waals surface area (Å²) >= 11 is 0. The first-order valence-electron chi connectivity index (χ1n) is 15.2. The normalized spacial score (nSPS) is 27.0. The minimum absolute atomic E-state index is 0.130. The van der Waals surface area contributed by atoms with E-state index >= 15 is 0 Å². The molecule has 0 saturated carbocycles. The Morgan fingerprint density at radius 2 is 1.93 bits per heavy atom. The maximum atomic E-state index is 14.4. The van der Waals surface area contributed by atoms with E-state index in [0.717, 1.165) is 5.56 Å². The molecule has 3 aliphatic rings. The number of carbonyl (C=O) groups is 4. The van der Waals surface area contributed by atoms with E-state index in [4.69, 9.17) is 9.47 Å². The van der Waals surface area contributed by atoms with E-state index < -0.39 is 47.7 Å². The first-order valence-corrected chi connectivity index (χ1v) is 15.2. The molecule has 234 valence electrons. The molecule has 43 heavy (non-hydrogen) atoms. The van der Waals surface area contributed by atoms with Crippen molar-refractivity contribution < 1.29 is 33.8 Å². The molecule has 1 spiro atoms. The van der Waals surface area contributed by atoms with E-state index in [2.05, 4.69) is 18.5 Å². The largest absolute Gasteiger partial charge is 0.460 e. The molecule has 3 heterocycles. The Labute approximate surface area is 254 Å². The second kappa shape index (κ2) is 13.9. The van der Waals surface area contributed by atoms with Crippen LogP contribution in [0.15, 0.2) is 55.6 Å². The third-order valence-electron chi connectivity index (χ3n) is 8.87. The zero-order valence-corrected chi connectivity index (χ0v) is 25.4. The van der Waals surface area contributed by atoms with Crippen LogP contribution in [-0.4, -0.2) is 94.2 Å². The van der Waals surface area contributed by atoms with E-state index in [1.165, 1.54) is 4.90 Å². The van der Waals surface area contributed by atoms with Crippen molar-refractivity contribution >= 4 is 23.7 Å². The molecule has 0 unspecified atom stereocenters. The Balaban J connectivity index is 1.64. The van der Waals surface area contributed by atoms with Crippen LogP contribution in [0.25, 0.3) is 0 Å². The summed E-state index contributed by atoms with van der Waals surface area (Å²) in [5.41, 5.74) is -0.310. The number of hydrogen-bond donors (Lipinski definition) is 2. The third-order valence-corrected chi connectivity index (χ3v) is 8.87. The Morgan fingerprint density at radius 1 is 1.21 bits per heavy atom. The molecule has 3 saturated heterocycles. The number of amides is 3. The van der Waals surface area contributed by atoms with Gasteiger partial charge in [-0.05, 0) is 52.0 Å². The van der Waals surface area contributed by atoms with Crippen LogP contribution >= 0.6 is 0 Å². The molecule has 10 heteroatoms. The van der Waals surface area contributed by atoms with E-state index in [1.54, 1.807) is 24.0 Å². The summed E-state index contributed by atoms with van der Waals surface area (Å²) in [6, 6.07) is 7.59. The molecule has 0 radical (unpaired) electrons. The van der Waals surface area contributed by atoms with Gasteiger partial charge in [-0.3, -0.25) is 19.2 Å². The van der Waals surface area contributed by atoms with Crippen molar-refractivity contribution in [3.63, 3.8) is 0 Å². The van der Waals surface area contributed by atoms with E-state index in [1.807, 2.05) is 44.2 Å². The lowest BCUT2D eigenvalue weighted by Gasteiger charge is -2.40. The zero-order valence-electron chi connectivity index (χ0n) is 25.4. The zero-order chi connectivity index (χ0) is 31.3. The van der Waals surface area contributed by atoms with Gasteiger partial charge in [-0.15, -0.1) is 13.2 Å². The molecule has 7 atom stereocenters. The molecule has 0 aliphatic carbocycles. The Morgan fingerprint density at radius 3 is 2.56 bits per heavy atom. The summed E-state index contributed by atoms with van der Waals surface area (Å²) in [5, 5.41) is 13.3. The second-order valence-corrected chi connectivity index (χ2v) is 12.1. The van der Waals surface area contributed by atoms with Crippen LogP contribution in [0.5, 0.6) is 0 Å². The molecule has 2 N–H and O–H groups in total. The number of esters is 1. The van der Waals surface area contributed by atoms with Gasteiger partial charge in [0.25, 0.3) is 0 Å². The average molecular weight is 596 g/mol. The van der Waals surface area contributed by atoms with Crippen LogP contribution in [0.2, 0.25) is 0 Å². The van der Waals surface area contributed by atoms with Crippen molar-refractivity contribution in [1.29, 1.82) is 0 Å². The van der Waals surface area contributed by atoms with E-state index in [0.29, 0.717) is 32.1 Å². The highest BCUT2D eigenvalue weighted by molar-refractivity contribution is 5.98. The lowest BCUT2D eigenvalue weighted by Crippen LogP contribution is -2.60. The molecule has 4 rings (SSSR count). The van der Waals surface area contributed by atoms with Gasteiger partial charge in [-0.2, -0.15) is 0 Å². The van der Waals surface area contributed by atoms with Gasteiger partial charge < -0.3 is 29.7 Å². The predicted octanol–water partition coefficient (Wildman–Crippen LogP) is 2.40. The fraction of sp³-hybridized carbons (Fsp3) is 0.576. The number of aliphatic hydroxyl groups is 1. The van der Waals surface area contributed by atoms with Crippen LogP contribution in [-0.2, 0) is 35.1 Å². The number of rotatable bonds is 15. The lowest BCUT2D eigenvalue weighted by atomic mass is 9.70. The van der Waals surface area contributed by atoms with Crippen molar-refractivity contribution in [2.45, 2.75) is 88.8 Å². The number of aliphatic hydroxyl groups excluding tert-OH is 1. The number of hydrogen-bond acceptors (Lipinski definition) is 7. The van der Waals surface area contributed by atoms with Crippen LogP contribution in [0, 0.1) is 11.8 Å². The van der Waals surface area contributed by atoms with Crippen molar-refractivity contribution in [3.8, 4) is 0 Å². The maximum Gasteiger partial charge on any atom is 0.312 e. The minimum Gasteiger partial charge on any atom is -0.460 e. The lowest BCUT2D eigenvalue weighted by molar-refractivity contribution is -0.160. The van der Waals surface area contributed by atoms with Crippen molar-refractivity contribution in [2.75, 3.05) is 19.7 Å². The number of allylic oxidation sites excluding steroid dienone is 1. The van der Waals surface area contributed by atoms with Crippen molar-refractivity contribution in [2.24, 2.45) is 11.8 Å². The van der Waals surface area contributed by atoms with Gasteiger partial charge >= 0.3 is 5.97 Å². The van der Waals surface area contributed by atoms with Gasteiger partial charge in [0.05, 0.1) is 37.1 Å². The molecular formula is C33H45N3O7. The summed E-state index contributed by atoms with van der Waals surface area (Å²) in [7, 11) is 0. The number of nitrogens with zero attached hydrogens (tertiary/aromatic N) is 2. The highest BCUT2D eigenvalue weighted by Crippen LogP contribution is 2.59. The van der Waals surface area contributed by atoms with Crippen LogP contribution in [0.3, 0.4) is 0 Å². The van der Waals surface area contributed by atoms with Gasteiger partial charge in [0, 0.05) is 19.0 Å². The molecular weight excluding hydrogens is 550 g/mol. The maximum absolute atomic E-state index is 14.4. The van der Waals surface area contributed by atoms with Gasteiger partial charge in [0.1, 0.15) is 17.7 Å². The van der Waals surface area contributed by atoms with Gasteiger partial charge in [-0.25, -0.2) is 0 Å². The predicted molar refractivity (Wildman–Crippen MR) is 161 cm³/mol. The van der Waals surface area contributed by atoms with Crippen LogP contribution in [0.4, 0.5) is 0 Å². The molecule has 1 aromatic carbocycles. The minimum atomic E-state index is -1.22. The number of fused-ring (bicyclic) bond motifs is 1. The first kappa shape index (κ1) is 32.4. The first-order chi connectivity index (χ1) is 20.6. The molecule has 0 aromatic heterocycles. The fourth-order valence-electron chi connectivity index (χ4n) is 6.92. The molecule has 10 nitrogen and oxygen atoms in total. The number of ether oxygens (including phenoxy) is 2. The summed E-state index contributed by atoms with van der Waals surface area (Å²) in [6.45, 7) is 13.0. The average Bonchev–Trinajstić information content (AvgIpc) is 3.64. The fourth-order valence-corrected chi connectivity index (χ4v) is 6.92.